The Balaban J connectivity index is 1.94. The molecule has 0 aliphatic carbocycles. The van der Waals surface area contributed by atoms with Crippen molar-refractivity contribution in [3.8, 4) is 0 Å². The topological polar surface area (TPSA) is 67.4 Å². The largest absolute Gasteiger partial charge is 0.465 e. The lowest BCUT2D eigenvalue weighted by Crippen LogP contribution is -2.24. The zero-order valence-corrected chi connectivity index (χ0v) is 14.8. The molecular formula is C20H24N2O3. The second-order valence-corrected chi connectivity index (χ2v) is 5.88. The molecule has 2 rings (SSSR count). The van der Waals surface area contributed by atoms with Crippen LogP contribution in [-0.2, 0) is 16.0 Å². The van der Waals surface area contributed by atoms with Gasteiger partial charge in [-0.3, -0.25) is 4.79 Å². The summed E-state index contributed by atoms with van der Waals surface area (Å²) in [6.07, 6.45) is 1.19. The molecule has 1 amide bonds. The molecule has 25 heavy (non-hydrogen) atoms. The van der Waals surface area contributed by atoms with E-state index in [2.05, 4.69) is 17.6 Å². The number of hydrogen-bond acceptors (Lipinski definition) is 4. The van der Waals surface area contributed by atoms with Gasteiger partial charge in [-0.1, -0.05) is 31.2 Å². The van der Waals surface area contributed by atoms with Crippen LogP contribution < -0.4 is 10.6 Å². The summed E-state index contributed by atoms with van der Waals surface area (Å²) >= 11 is 0. The molecule has 0 bridgehead atoms. The Kier molecular flexibility index (Phi) is 6.57. The smallest absolute Gasteiger partial charge is 0.337 e. The van der Waals surface area contributed by atoms with Gasteiger partial charge in [0, 0.05) is 23.8 Å². The van der Waals surface area contributed by atoms with Crippen molar-refractivity contribution in [3.63, 3.8) is 0 Å². The maximum absolute atomic E-state index is 12.3. The first kappa shape index (κ1) is 18.5. The standard InChI is InChI=1S/C20H24N2O3/c1-4-15-8-5-6-11-18(15)22-19(23)12-14(2)21-17-10-7-9-16(13-17)20(24)25-3/h5-11,13-14,21H,4,12H2,1-3H3,(H,22,23)/t14-/m0/s1. The molecule has 5 heteroatoms. The van der Waals surface area contributed by atoms with E-state index in [4.69, 9.17) is 4.74 Å². The lowest BCUT2D eigenvalue weighted by molar-refractivity contribution is -0.116. The average molecular weight is 340 g/mol. The molecule has 2 aromatic carbocycles. The van der Waals surface area contributed by atoms with Crippen LogP contribution in [0.4, 0.5) is 11.4 Å². The molecule has 0 saturated heterocycles. The number of anilines is 2. The van der Waals surface area contributed by atoms with Gasteiger partial charge in [-0.05, 0) is 43.2 Å². The summed E-state index contributed by atoms with van der Waals surface area (Å²) in [6, 6.07) is 14.8. The number of amides is 1. The lowest BCUT2D eigenvalue weighted by atomic mass is 10.1. The molecule has 0 radical (unpaired) electrons. The van der Waals surface area contributed by atoms with Crippen molar-refractivity contribution in [2.75, 3.05) is 17.7 Å². The number of benzene rings is 2. The van der Waals surface area contributed by atoms with Crippen molar-refractivity contribution < 1.29 is 14.3 Å². The predicted octanol–water partition coefficient (Wildman–Crippen LogP) is 3.86. The number of aryl methyl sites for hydroxylation is 1. The minimum absolute atomic E-state index is 0.0509. The van der Waals surface area contributed by atoms with E-state index >= 15 is 0 Å². The second kappa shape index (κ2) is 8.87. The van der Waals surface area contributed by atoms with Crippen LogP contribution in [-0.4, -0.2) is 25.0 Å². The summed E-state index contributed by atoms with van der Waals surface area (Å²) in [5.74, 6) is -0.435. The van der Waals surface area contributed by atoms with E-state index in [-0.39, 0.29) is 17.9 Å². The first-order chi connectivity index (χ1) is 12.0. The van der Waals surface area contributed by atoms with E-state index in [9.17, 15) is 9.59 Å². The fraction of sp³-hybridized carbons (Fsp3) is 0.300. The summed E-state index contributed by atoms with van der Waals surface area (Å²) < 4.78 is 4.72. The highest BCUT2D eigenvalue weighted by Crippen LogP contribution is 2.17. The van der Waals surface area contributed by atoms with Gasteiger partial charge in [0.05, 0.1) is 12.7 Å². The highest BCUT2D eigenvalue weighted by atomic mass is 16.5. The molecule has 2 N–H and O–H groups in total. The molecule has 1 atom stereocenters. The monoisotopic (exact) mass is 340 g/mol. The maximum Gasteiger partial charge on any atom is 0.337 e. The SMILES string of the molecule is CCc1ccccc1NC(=O)C[C@H](C)Nc1cccc(C(=O)OC)c1. The molecule has 0 aliphatic heterocycles. The third-order valence-electron chi connectivity index (χ3n) is 3.86. The fourth-order valence-electron chi connectivity index (χ4n) is 2.62. The van der Waals surface area contributed by atoms with Crippen molar-refractivity contribution in [1.29, 1.82) is 0 Å². The number of rotatable bonds is 7. The third-order valence-corrected chi connectivity index (χ3v) is 3.86. The van der Waals surface area contributed by atoms with Crippen molar-refractivity contribution in [2.24, 2.45) is 0 Å². The number of ether oxygens (including phenoxy) is 1. The van der Waals surface area contributed by atoms with Gasteiger partial charge in [0.25, 0.3) is 0 Å². The lowest BCUT2D eigenvalue weighted by Gasteiger charge is -2.16. The van der Waals surface area contributed by atoms with Crippen LogP contribution in [0.25, 0.3) is 0 Å². The number of methoxy groups -OCH3 is 1. The number of nitrogens with one attached hydrogen (secondary N) is 2. The predicted molar refractivity (Wildman–Crippen MR) is 99.9 cm³/mol. The molecule has 0 saturated carbocycles. The number of esters is 1. The molecule has 0 unspecified atom stereocenters. The highest BCUT2D eigenvalue weighted by molar-refractivity contribution is 5.92. The summed E-state index contributed by atoms with van der Waals surface area (Å²) in [5, 5.41) is 6.20. The van der Waals surface area contributed by atoms with Crippen LogP contribution in [0.2, 0.25) is 0 Å². The quantitative estimate of drug-likeness (QED) is 0.751. The van der Waals surface area contributed by atoms with Crippen molar-refractivity contribution in [3.05, 3.63) is 59.7 Å². The van der Waals surface area contributed by atoms with E-state index in [1.54, 1.807) is 18.2 Å². The third kappa shape index (κ3) is 5.35. The van der Waals surface area contributed by atoms with Gasteiger partial charge in [0.1, 0.15) is 0 Å². The average Bonchev–Trinajstić information content (AvgIpc) is 2.61. The van der Waals surface area contributed by atoms with Crippen LogP contribution in [0, 0.1) is 0 Å². The number of carbonyl (C=O) groups is 2. The Morgan fingerprint density at radius 3 is 2.60 bits per heavy atom. The summed E-state index contributed by atoms with van der Waals surface area (Å²) in [7, 11) is 1.35. The minimum atomic E-state index is -0.384. The van der Waals surface area contributed by atoms with Gasteiger partial charge >= 0.3 is 5.97 Å². The van der Waals surface area contributed by atoms with Crippen molar-refractivity contribution in [2.45, 2.75) is 32.7 Å². The number of para-hydroxylation sites is 1. The Morgan fingerprint density at radius 1 is 1.12 bits per heavy atom. The van der Waals surface area contributed by atoms with Crippen molar-refractivity contribution in [1.82, 2.24) is 0 Å². The summed E-state index contributed by atoms with van der Waals surface area (Å²) in [4.78, 5) is 23.9. The zero-order valence-electron chi connectivity index (χ0n) is 14.8. The minimum Gasteiger partial charge on any atom is -0.465 e. The summed E-state index contributed by atoms with van der Waals surface area (Å²) in [5.41, 5.74) is 3.22. The van der Waals surface area contributed by atoms with Crippen LogP contribution in [0.5, 0.6) is 0 Å². The fourth-order valence-corrected chi connectivity index (χ4v) is 2.62. The molecule has 132 valence electrons. The molecule has 0 aromatic heterocycles. The molecule has 5 nitrogen and oxygen atoms in total. The van der Waals surface area contributed by atoms with E-state index in [0.717, 1.165) is 23.4 Å². The van der Waals surface area contributed by atoms with E-state index in [1.807, 2.05) is 37.3 Å². The number of hydrogen-bond donors (Lipinski definition) is 2. The Morgan fingerprint density at radius 2 is 1.88 bits per heavy atom. The van der Waals surface area contributed by atoms with E-state index in [1.165, 1.54) is 7.11 Å². The first-order valence-corrected chi connectivity index (χ1v) is 8.36. The normalized spacial score (nSPS) is 11.5. The van der Waals surface area contributed by atoms with E-state index in [0.29, 0.717) is 12.0 Å². The van der Waals surface area contributed by atoms with Crippen LogP contribution in [0.3, 0.4) is 0 Å². The molecule has 0 spiro atoms. The Hall–Kier alpha value is -2.82. The molecule has 0 aliphatic rings. The van der Waals surface area contributed by atoms with Gasteiger partial charge in [-0.2, -0.15) is 0 Å². The molecule has 2 aromatic rings. The Bertz CT molecular complexity index is 743. The number of carbonyl (C=O) groups excluding carboxylic acids is 2. The van der Waals surface area contributed by atoms with Crippen molar-refractivity contribution >= 4 is 23.3 Å². The molecule has 0 fully saturated rings. The van der Waals surface area contributed by atoms with Crippen LogP contribution >= 0.6 is 0 Å². The van der Waals surface area contributed by atoms with Crippen LogP contribution in [0.1, 0.15) is 36.2 Å². The summed E-state index contributed by atoms with van der Waals surface area (Å²) in [6.45, 7) is 3.99. The van der Waals surface area contributed by atoms with Gasteiger partial charge in [-0.25, -0.2) is 4.79 Å². The van der Waals surface area contributed by atoms with Crippen LogP contribution in [0.15, 0.2) is 48.5 Å². The van der Waals surface area contributed by atoms with E-state index < -0.39 is 0 Å². The van der Waals surface area contributed by atoms with Gasteiger partial charge in [-0.15, -0.1) is 0 Å². The maximum atomic E-state index is 12.3. The highest BCUT2D eigenvalue weighted by Gasteiger charge is 2.12. The van der Waals surface area contributed by atoms with Gasteiger partial charge < -0.3 is 15.4 Å². The van der Waals surface area contributed by atoms with Gasteiger partial charge in [0.2, 0.25) is 5.91 Å². The molecular weight excluding hydrogens is 316 g/mol. The first-order valence-electron chi connectivity index (χ1n) is 8.36. The van der Waals surface area contributed by atoms with Gasteiger partial charge in [0.15, 0.2) is 0 Å². The zero-order chi connectivity index (χ0) is 18.2. The molecule has 0 heterocycles. The second-order valence-electron chi connectivity index (χ2n) is 5.88. The Labute approximate surface area is 148 Å².